The van der Waals surface area contributed by atoms with Gasteiger partial charge in [0.25, 0.3) is 5.89 Å². The largest absolute Gasteiger partial charge is 0.419 e. The van der Waals surface area contributed by atoms with Crippen molar-refractivity contribution in [1.29, 1.82) is 0 Å². The molecule has 64 valence electrons. The molecule has 1 heterocycles. The Morgan fingerprint density at radius 3 is 2.83 bits per heavy atom. The summed E-state index contributed by atoms with van der Waals surface area (Å²) in [5.41, 5.74) is 0. The highest BCUT2D eigenvalue weighted by Gasteiger charge is 2.07. The molecule has 0 unspecified atom stereocenters. The third kappa shape index (κ3) is 1.69. The van der Waals surface area contributed by atoms with Crippen LogP contribution in [0.2, 0.25) is 0 Å². The summed E-state index contributed by atoms with van der Waals surface area (Å²) in [4.78, 5) is 3.90. The molecule has 0 radical (unpaired) electrons. The topological polar surface area (TPSA) is 63.3 Å². The van der Waals surface area contributed by atoms with E-state index in [1.54, 1.807) is 14.0 Å². The lowest BCUT2D eigenvalue weighted by molar-refractivity contribution is 0.508. The summed E-state index contributed by atoms with van der Waals surface area (Å²) in [6, 6.07) is 0. The van der Waals surface area contributed by atoms with Crippen LogP contribution in [0.15, 0.2) is 22.2 Å². The zero-order chi connectivity index (χ0) is 8.97. The Balaban J connectivity index is 2.87. The summed E-state index contributed by atoms with van der Waals surface area (Å²) in [7, 11) is 1.63. The number of aliphatic imine (C=N–C) groups is 1. The van der Waals surface area contributed by atoms with Crippen molar-refractivity contribution in [1.82, 2.24) is 15.5 Å². The van der Waals surface area contributed by atoms with Gasteiger partial charge in [0, 0.05) is 14.0 Å². The fourth-order valence-electron chi connectivity index (χ4n) is 0.711. The molecule has 0 aliphatic heterocycles. The highest BCUT2D eigenvalue weighted by molar-refractivity contribution is 5.94. The molecule has 0 aromatic carbocycles. The molecule has 1 rings (SSSR count). The van der Waals surface area contributed by atoms with Crippen molar-refractivity contribution in [2.75, 3.05) is 7.05 Å². The van der Waals surface area contributed by atoms with Crippen LogP contribution < -0.4 is 5.32 Å². The molecule has 0 atom stereocenters. The summed E-state index contributed by atoms with van der Waals surface area (Å²) in [5, 5.41) is 10.2. The SMILES string of the molecule is C=CNC(=NC)c1nnc(C)o1. The zero-order valence-corrected chi connectivity index (χ0v) is 7.03. The Morgan fingerprint density at radius 1 is 1.67 bits per heavy atom. The number of amidine groups is 1. The highest BCUT2D eigenvalue weighted by atomic mass is 16.4. The van der Waals surface area contributed by atoms with E-state index in [0.29, 0.717) is 17.6 Å². The lowest BCUT2D eigenvalue weighted by atomic mass is 10.6. The van der Waals surface area contributed by atoms with Crippen molar-refractivity contribution in [3.05, 3.63) is 24.6 Å². The predicted octanol–water partition coefficient (Wildman–Crippen LogP) is 0.488. The Morgan fingerprint density at radius 2 is 2.42 bits per heavy atom. The number of hydrogen-bond donors (Lipinski definition) is 1. The number of aryl methyl sites for hydroxylation is 1. The number of rotatable bonds is 2. The van der Waals surface area contributed by atoms with Crippen molar-refractivity contribution in [2.45, 2.75) is 6.92 Å². The quantitative estimate of drug-likeness (QED) is 0.513. The van der Waals surface area contributed by atoms with E-state index in [0.717, 1.165) is 0 Å². The van der Waals surface area contributed by atoms with Crippen LogP contribution in [0.5, 0.6) is 0 Å². The summed E-state index contributed by atoms with van der Waals surface area (Å²) < 4.78 is 5.13. The third-order valence-electron chi connectivity index (χ3n) is 1.19. The fourth-order valence-corrected chi connectivity index (χ4v) is 0.711. The van der Waals surface area contributed by atoms with Crippen LogP contribution in [0.4, 0.5) is 0 Å². The summed E-state index contributed by atoms with van der Waals surface area (Å²) in [6.07, 6.45) is 1.50. The molecule has 0 saturated heterocycles. The molecular formula is C7H10N4O. The monoisotopic (exact) mass is 166 g/mol. The molecule has 1 N–H and O–H groups in total. The Kier molecular flexibility index (Phi) is 2.57. The minimum Gasteiger partial charge on any atom is -0.419 e. The van der Waals surface area contributed by atoms with Gasteiger partial charge in [-0.3, -0.25) is 4.99 Å². The van der Waals surface area contributed by atoms with E-state index < -0.39 is 0 Å². The van der Waals surface area contributed by atoms with Crippen LogP contribution >= 0.6 is 0 Å². The van der Waals surface area contributed by atoms with Crippen LogP contribution in [0, 0.1) is 6.92 Å². The van der Waals surface area contributed by atoms with E-state index in [2.05, 4.69) is 27.1 Å². The fraction of sp³-hybridized carbons (Fsp3) is 0.286. The van der Waals surface area contributed by atoms with Crippen molar-refractivity contribution in [2.24, 2.45) is 4.99 Å². The first kappa shape index (κ1) is 8.45. The van der Waals surface area contributed by atoms with Gasteiger partial charge in [0.05, 0.1) is 0 Å². The van der Waals surface area contributed by atoms with Crippen LogP contribution in [0.25, 0.3) is 0 Å². The van der Waals surface area contributed by atoms with E-state index in [1.165, 1.54) is 6.20 Å². The van der Waals surface area contributed by atoms with E-state index in [1.807, 2.05) is 0 Å². The van der Waals surface area contributed by atoms with Crippen LogP contribution in [-0.4, -0.2) is 23.1 Å². The average molecular weight is 166 g/mol. The van der Waals surface area contributed by atoms with Crippen LogP contribution in [-0.2, 0) is 0 Å². The Labute approximate surface area is 70.2 Å². The highest BCUT2D eigenvalue weighted by Crippen LogP contribution is 1.97. The lowest BCUT2D eigenvalue weighted by Gasteiger charge is -1.96. The first-order valence-electron chi connectivity index (χ1n) is 3.42. The summed E-state index contributed by atoms with van der Waals surface area (Å²) >= 11 is 0. The second kappa shape index (κ2) is 3.66. The average Bonchev–Trinajstić information content (AvgIpc) is 2.47. The molecule has 0 aliphatic rings. The van der Waals surface area contributed by atoms with E-state index >= 15 is 0 Å². The van der Waals surface area contributed by atoms with Crippen molar-refractivity contribution < 1.29 is 4.42 Å². The lowest BCUT2D eigenvalue weighted by Crippen LogP contribution is -2.18. The first-order chi connectivity index (χ1) is 5.77. The van der Waals surface area contributed by atoms with E-state index in [4.69, 9.17) is 4.42 Å². The summed E-state index contributed by atoms with van der Waals surface area (Å²) in [6.45, 7) is 5.22. The molecular weight excluding hydrogens is 156 g/mol. The van der Waals surface area contributed by atoms with Crippen molar-refractivity contribution >= 4 is 5.84 Å². The molecule has 0 saturated carbocycles. The second-order valence-electron chi connectivity index (χ2n) is 2.05. The smallest absolute Gasteiger partial charge is 0.283 e. The van der Waals surface area contributed by atoms with Gasteiger partial charge < -0.3 is 9.73 Å². The van der Waals surface area contributed by atoms with Crippen LogP contribution in [0.3, 0.4) is 0 Å². The molecule has 5 nitrogen and oxygen atoms in total. The van der Waals surface area contributed by atoms with Gasteiger partial charge in [-0.25, -0.2) is 0 Å². The minimum absolute atomic E-state index is 0.370. The van der Waals surface area contributed by atoms with Crippen LogP contribution in [0.1, 0.15) is 11.8 Å². The number of hydrogen-bond acceptors (Lipinski definition) is 4. The number of aromatic nitrogens is 2. The molecule has 0 fully saturated rings. The van der Waals surface area contributed by atoms with Crippen molar-refractivity contribution in [3.8, 4) is 0 Å². The maximum atomic E-state index is 5.13. The molecule has 0 aliphatic carbocycles. The number of nitrogens with zero attached hydrogens (tertiary/aromatic N) is 3. The minimum atomic E-state index is 0.370. The first-order valence-corrected chi connectivity index (χ1v) is 3.42. The second-order valence-corrected chi connectivity index (χ2v) is 2.05. The van der Waals surface area contributed by atoms with E-state index in [-0.39, 0.29) is 0 Å². The predicted molar refractivity (Wildman–Crippen MR) is 44.8 cm³/mol. The molecule has 5 heteroatoms. The van der Waals surface area contributed by atoms with Gasteiger partial charge in [0.1, 0.15) is 0 Å². The molecule has 12 heavy (non-hydrogen) atoms. The van der Waals surface area contributed by atoms with Gasteiger partial charge >= 0.3 is 0 Å². The Hall–Kier alpha value is -1.65. The maximum Gasteiger partial charge on any atom is 0.283 e. The van der Waals surface area contributed by atoms with Gasteiger partial charge in [0.15, 0.2) is 5.84 Å². The standard InChI is InChI=1S/C7H10N4O/c1-4-9-6(8-3)7-11-10-5(2)12-7/h4H,1H2,2-3H3,(H,8,9). The van der Waals surface area contributed by atoms with Gasteiger partial charge in [0.2, 0.25) is 5.89 Å². The van der Waals surface area contributed by atoms with E-state index in [9.17, 15) is 0 Å². The Bertz CT molecular complexity index is 302. The van der Waals surface area contributed by atoms with Gasteiger partial charge in [-0.1, -0.05) is 6.58 Å². The normalized spacial score (nSPS) is 11.3. The third-order valence-corrected chi connectivity index (χ3v) is 1.19. The molecule has 1 aromatic rings. The van der Waals surface area contributed by atoms with Gasteiger partial charge in [-0.15, -0.1) is 10.2 Å². The maximum absolute atomic E-state index is 5.13. The number of nitrogens with one attached hydrogen (secondary N) is 1. The van der Waals surface area contributed by atoms with Gasteiger partial charge in [-0.05, 0) is 6.20 Å². The zero-order valence-electron chi connectivity index (χ0n) is 7.03. The van der Waals surface area contributed by atoms with Crippen molar-refractivity contribution in [3.63, 3.8) is 0 Å². The molecule has 0 spiro atoms. The van der Waals surface area contributed by atoms with Gasteiger partial charge in [-0.2, -0.15) is 0 Å². The molecule has 0 bridgehead atoms. The summed E-state index contributed by atoms with van der Waals surface area (Å²) in [5.74, 6) is 1.40. The molecule has 0 amide bonds. The molecule has 1 aromatic heterocycles.